The SMILES string of the molecule is CC(N)(Cc1cccc(F)c1)CC1CCCCC1. The third-order valence-corrected chi connectivity index (χ3v) is 3.98. The van der Waals surface area contributed by atoms with Gasteiger partial charge in [0.2, 0.25) is 0 Å². The third-order valence-electron chi connectivity index (χ3n) is 3.98. The lowest BCUT2D eigenvalue weighted by atomic mass is 9.78. The fraction of sp³-hybridized carbons (Fsp3) is 0.625. The van der Waals surface area contributed by atoms with Gasteiger partial charge in [0.05, 0.1) is 0 Å². The highest BCUT2D eigenvalue weighted by Crippen LogP contribution is 2.31. The molecule has 0 bridgehead atoms. The van der Waals surface area contributed by atoms with Crippen LogP contribution in [0.15, 0.2) is 24.3 Å². The van der Waals surface area contributed by atoms with E-state index in [1.807, 2.05) is 6.07 Å². The highest BCUT2D eigenvalue weighted by atomic mass is 19.1. The maximum absolute atomic E-state index is 13.2. The van der Waals surface area contributed by atoms with Crippen molar-refractivity contribution in [2.75, 3.05) is 0 Å². The van der Waals surface area contributed by atoms with Gasteiger partial charge >= 0.3 is 0 Å². The molecule has 100 valence electrons. The van der Waals surface area contributed by atoms with Gasteiger partial charge in [-0.2, -0.15) is 0 Å². The van der Waals surface area contributed by atoms with Crippen molar-refractivity contribution >= 4 is 0 Å². The fourth-order valence-electron chi connectivity index (χ4n) is 3.24. The smallest absolute Gasteiger partial charge is 0.123 e. The first-order valence-corrected chi connectivity index (χ1v) is 7.08. The highest BCUT2D eigenvalue weighted by molar-refractivity contribution is 5.18. The minimum absolute atomic E-state index is 0.166. The lowest BCUT2D eigenvalue weighted by Gasteiger charge is -2.32. The molecule has 1 aliphatic rings. The first-order chi connectivity index (χ1) is 8.55. The van der Waals surface area contributed by atoms with Crippen LogP contribution in [0.1, 0.15) is 51.0 Å². The molecule has 0 saturated heterocycles. The Labute approximate surface area is 110 Å². The Morgan fingerprint density at radius 2 is 2.00 bits per heavy atom. The van der Waals surface area contributed by atoms with E-state index in [-0.39, 0.29) is 11.4 Å². The molecule has 1 nitrogen and oxygen atoms in total. The predicted molar refractivity (Wildman–Crippen MR) is 73.9 cm³/mol. The van der Waals surface area contributed by atoms with Crippen LogP contribution in [0.2, 0.25) is 0 Å². The Bertz CT molecular complexity index is 380. The van der Waals surface area contributed by atoms with E-state index in [0.29, 0.717) is 0 Å². The standard InChI is InChI=1S/C16H24FN/c1-16(18,11-13-6-3-2-4-7-13)12-14-8-5-9-15(17)10-14/h5,8-10,13H,2-4,6-7,11-12,18H2,1H3. The van der Waals surface area contributed by atoms with Crippen LogP contribution in [0, 0.1) is 11.7 Å². The molecule has 2 N–H and O–H groups in total. The molecule has 1 unspecified atom stereocenters. The molecular formula is C16H24FN. The monoisotopic (exact) mass is 249 g/mol. The Hall–Kier alpha value is -0.890. The Morgan fingerprint density at radius 3 is 2.67 bits per heavy atom. The number of benzene rings is 1. The van der Waals surface area contributed by atoms with Crippen LogP contribution in [0.3, 0.4) is 0 Å². The summed E-state index contributed by atoms with van der Waals surface area (Å²) in [5.74, 6) is 0.600. The average Bonchev–Trinajstić information content (AvgIpc) is 2.28. The van der Waals surface area contributed by atoms with Crippen LogP contribution in [0.5, 0.6) is 0 Å². The van der Waals surface area contributed by atoms with E-state index in [1.165, 1.54) is 38.2 Å². The van der Waals surface area contributed by atoms with Crippen LogP contribution >= 0.6 is 0 Å². The summed E-state index contributed by atoms with van der Waals surface area (Å²) in [6.07, 6.45) is 8.53. The molecule has 0 heterocycles. The maximum Gasteiger partial charge on any atom is 0.123 e. The van der Waals surface area contributed by atoms with E-state index in [1.54, 1.807) is 12.1 Å². The van der Waals surface area contributed by atoms with E-state index in [9.17, 15) is 4.39 Å². The fourth-order valence-corrected chi connectivity index (χ4v) is 3.24. The quantitative estimate of drug-likeness (QED) is 0.855. The summed E-state index contributed by atoms with van der Waals surface area (Å²) in [6.45, 7) is 2.10. The third kappa shape index (κ3) is 4.09. The zero-order valence-electron chi connectivity index (χ0n) is 11.3. The molecule has 1 aromatic carbocycles. The number of hydrogen-bond donors (Lipinski definition) is 1. The maximum atomic E-state index is 13.2. The van der Waals surface area contributed by atoms with Gasteiger partial charge in [0.25, 0.3) is 0 Å². The van der Waals surface area contributed by atoms with Crippen molar-refractivity contribution in [2.45, 2.75) is 57.4 Å². The van der Waals surface area contributed by atoms with Gasteiger partial charge in [0.15, 0.2) is 0 Å². The van der Waals surface area contributed by atoms with Crippen molar-refractivity contribution in [3.8, 4) is 0 Å². The number of halogens is 1. The van der Waals surface area contributed by atoms with Gasteiger partial charge in [-0.1, -0.05) is 44.2 Å². The summed E-state index contributed by atoms with van der Waals surface area (Å²) < 4.78 is 13.2. The van der Waals surface area contributed by atoms with Gasteiger partial charge in [0, 0.05) is 5.54 Å². The Morgan fingerprint density at radius 1 is 1.28 bits per heavy atom. The van der Waals surface area contributed by atoms with E-state index in [4.69, 9.17) is 5.73 Å². The molecule has 18 heavy (non-hydrogen) atoms. The Balaban J connectivity index is 1.93. The summed E-state index contributed by atoms with van der Waals surface area (Å²) >= 11 is 0. The summed E-state index contributed by atoms with van der Waals surface area (Å²) in [5.41, 5.74) is 7.20. The summed E-state index contributed by atoms with van der Waals surface area (Å²) in [5, 5.41) is 0. The lowest BCUT2D eigenvalue weighted by Crippen LogP contribution is -2.41. The highest BCUT2D eigenvalue weighted by Gasteiger charge is 2.25. The molecule has 0 aliphatic heterocycles. The predicted octanol–water partition coefficient (Wildman–Crippen LogP) is 4.06. The Kier molecular flexibility index (Phi) is 4.39. The molecule has 1 aromatic rings. The summed E-state index contributed by atoms with van der Waals surface area (Å²) in [4.78, 5) is 0. The molecule has 0 spiro atoms. The number of rotatable bonds is 4. The average molecular weight is 249 g/mol. The van der Waals surface area contributed by atoms with E-state index in [2.05, 4.69) is 6.92 Å². The van der Waals surface area contributed by atoms with Crippen molar-refractivity contribution in [3.05, 3.63) is 35.6 Å². The van der Waals surface area contributed by atoms with E-state index >= 15 is 0 Å². The molecule has 1 aliphatic carbocycles. The molecule has 1 atom stereocenters. The van der Waals surface area contributed by atoms with Gasteiger partial charge < -0.3 is 5.73 Å². The molecule has 0 aromatic heterocycles. The lowest BCUT2D eigenvalue weighted by molar-refractivity contribution is 0.268. The van der Waals surface area contributed by atoms with Crippen LogP contribution in [0.4, 0.5) is 4.39 Å². The normalized spacial score (nSPS) is 20.6. The van der Waals surface area contributed by atoms with Gasteiger partial charge in [-0.3, -0.25) is 0 Å². The second-order valence-corrected chi connectivity index (χ2v) is 6.17. The summed E-state index contributed by atoms with van der Waals surface area (Å²) in [7, 11) is 0. The molecular weight excluding hydrogens is 225 g/mol. The second kappa shape index (κ2) is 5.83. The van der Waals surface area contributed by atoms with Gasteiger partial charge in [0.1, 0.15) is 5.82 Å². The molecule has 0 radical (unpaired) electrons. The summed E-state index contributed by atoms with van der Waals surface area (Å²) in [6, 6.07) is 6.82. The zero-order chi connectivity index (χ0) is 13.0. The minimum Gasteiger partial charge on any atom is -0.325 e. The van der Waals surface area contributed by atoms with Gasteiger partial charge in [-0.15, -0.1) is 0 Å². The van der Waals surface area contributed by atoms with Crippen LogP contribution in [-0.2, 0) is 6.42 Å². The van der Waals surface area contributed by atoms with Crippen molar-refractivity contribution in [2.24, 2.45) is 11.7 Å². The van der Waals surface area contributed by atoms with Crippen LogP contribution in [-0.4, -0.2) is 5.54 Å². The van der Waals surface area contributed by atoms with Crippen molar-refractivity contribution in [3.63, 3.8) is 0 Å². The topological polar surface area (TPSA) is 26.0 Å². The van der Waals surface area contributed by atoms with E-state index in [0.717, 1.165) is 24.3 Å². The molecule has 1 fully saturated rings. The second-order valence-electron chi connectivity index (χ2n) is 6.17. The van der Waals surface area contributed by atoms with Crippen LogP contribution < -0.4 is 5.73 Å². The minimum atomic E-state index is -0.212. The molecule has 0 amide bonds. The van der Waals surface area contributed by atoms with Gasteiger partial charge in [-0.25, -0.2) is 4.39 Å². The molecule has 2 heteroatoms. The van der Waals surface area contributed by atoms with E-state index < -0.39 is 0 Å². The number of nitrogens with two attached hydrogens (primary N) is 1. The first kappa shape index (κ1) is 13.5. The van der Waals surface area contributed by atoms with Crippen molar-refractivity contribution in [1.29, 1.82) is 0 Å². The van der Waals surface area contributed by atoms with Crippen LogP contribution in [0.25, 0.3) is 0 Å². The zero-order valence-corrected chi connectivity index (χ0v) is 11.3. The largest absolute Gasteiger partial charge is 0.325 e. The first-order valence-electron chi connectivity index (χ1n) is 7.08. The van der Waals surface area contributed by atoms with Crippen molar-refractivity contribution in [1.82, 2.24) is 0 Å². The number of hydrogen-bond acceptors (Lipinski definition) is 1. The van der Waals surface area contributed by atoms with Crippen molar-refractivity contribution < 1.29 is 4.39 Å². The van der Waals surface area contributed by atoms with Gasteiger partial charge in [-0.05, 0) is 43.4 Å². The molecule has 2 rings (SSSR count). The molecule has 1 saturated carbocycles.